The maximum atomic E-state index is 13.6. The molecule has 0 spiro atoms. The zero-order valence-electron chi connectivity index (χ0n) is 11.9. The van der Waals surface area contributed by atoms with Crippen molar-refractivity contribution in [2.24, 2.45) is 0 Å². The molecule has 1 saturated heterocycles. The van der Waals surface area contributed by atoms with Crippen molar-refractivity contribution < 1.29 is 17.5 Å². The van der Waals surface area contributed by atoms with Crippen LogP contribution in [0.3, 0.4) is 0 Å². The summed E-state index contributed by atoms with van der Waals surface area (Å²) in [5, 5.41) is 9.01. The van der Waals surface area contributed by atoms with E-state index in [1.807, 2.05) is 6.92 Å². The second-order valence-corrected chi connectivity index (χ2v) is 6.93. The molecular weight excluding hydrogens is 295 g/mol. The lowest BCUT2D eigenvalue weighted by atomic mass is 10.2. The van der Waals surface area contributed by atoms with E-state index < -0.39 is 21.4 Å². The summed E-state index contributed by atoms with van der Waals surface area (Å²) < 4.78 is 45.9. The highest BCUT2D eigenvalue weighted by Gasteiger charge is 2.35. The Balaban J connectivity index is 2.43. The third kappa shape index (κ3) is 3.07. The van der Waals surface area contributed by atoms with Gasteiger partial charge in [0.15, 0.2) is 0 Å². The molecule has 1 aliphatic rings. The van der Waals surface area contributed by atoms with Crippen molar-refractivity contribution in [2.45, 2.75) is 37.4 Å². The summed E-state index contributed by atoms with van der Waals surface area (Å²) in [6.45, 7) is 4.11. The van der Waals surface area contributed by atoms with Crippen LogP contribution >= 0.6 is 0 Å². The molecule has 0 amide bonds. The number of benzene rings is 1. The summed E-state index contributed by atoms with van der Waals surface area (Å²) in [7, 11) is -3.91. The number of rotatable bonds is 3. The van der Waals surface area contributed by atoms with Crippen LogP contribution in [0.25, 0.3) is 0 Å². The summed E-state index contributed by atoms with van der Waals surface area (Å²) in [5.74, 6) is -0.827. The zero-order chi connectivity index (χ0) is 15.6. The van der Waals surface area contributed by atoms with E-state index in [-0.39, 0.29) is 30.2 Å². The molecule has 0 aliphatic carbocycles. The molecule has 0 radical (unpaired) electrons. The van der Waals surface area contributed by atoms with E-state index in [9.17, 15) is 12.8 Å². The Hall–Kier alpha value is -1.49. The van der Waals surface area contributed by atoms with Crippen molar-refractivity contribution in [1.82, 2.24) is 4.31 Å². The molecule has 5 nitrogen and oxygen atoms in total. The molecule has 1 heterocycles. The van der Waals surface area contributed by atoms with Gasteiger partial charge in [-0.05, 0) is 25.5 Å². The first-order chi connectivity index (χ1) is 9.90. The van der Waals surface area contributed by atoms with Crippen molar-refractivity contribution >= 4 is 10.0 Å². The van der Waals surface area contributed by atoms with Gasteiger partial charge in [0.2, 0.25) is 10.0 Å². The second-order valence-electron chi connectivity index (χ2n) is 5.02. The van der Waals surface area contributed by atoms with Crippen molar-refractivity contribution in [3.05, 3.63) is 29.6 Å². The van der Waals surface area contributed by atoms with Gasteiger partial charge in [0, 0.05) is 13.1 Å². The molecule has 1 aliphatic heterocycles. The van der Waals surface area contributed by atoms with Crippen molar-refractivity contribution in [2.75, 3.05) is 13.1 Å². The summed E-state index contributed by atoms with van der Waals surface area (Å²) in [6, 6.07) is 5.27. The zero-order valence-corrected chi connectivity index (χ0v) is 12.7. The van der Waals surface area contributed by atoms with Crippen LogP contribution in [0, 0.1) is 17.1 Å². The smallest absolute Gasteiger partial charge is 0.244 e. The van der Waals surface area contributed by atoms with Crippen LogP contribution in [-0.4, -0.2) is 38.0 Å². The fraction of sp³-hybridized carbons (Fsp3) is 0.500. The Morgan fingerprint density at radius 3 is 2.81 bits per heavy atom. The number of nitrogens with zero attached hydrogens (tertiary/aromatic N) is 2. The topological polar surface area (TPSA) is 70.4 Å². The van der Waals surface area contributed by atoms with Crippen molar-refractivity contribution in [1.29, 1.82) is 5.26 Å². The van der Waals surface area contributed by atoms with E-state index in [2.05, 4.69) is 0 Å². The maximum Gasteiger partial charge on any atom is 0.244 e. The average Bonchev–Trinajstić information content (AvgIpc) is 2.46. The summed E-state index contributed by atoms with van der Waals surface area (Å²) in [5.41, 5.74) is -0.440. The minimum absolute atomic E-state index is 0.192. The van der Waals surface area contributed by atoms with Gasteiger partial charge in [-0.25, -0.2) is 12.8 Å². The Morgan fingerprint density at radius 2 is 2.19 bits per heavy atom. The molecule has 7 heteroatoms. The minimum Gasteiger partial charge on any atom is -0.373 e. The number of halogens is 1. The fourth-order valence-electron chi connectivity index (χ4n) is 2.39. The molecule has 2 rings (SSSR count). The van der Waals surface area contributed by atoms with Gasteiger partial charge in [0.05, 0.1) is 12.2 Å². The molecule has 114 valence electrons. The molecule has 21 heavy (non-hydrogen) atoms. The molecular formula is C14H17FN2O3S. The summed E-state index contributed by atoms with van der Waals surface area (Å²) in [6.07, 6.45) is 0.255. The quantitative estimate of drug-likeness (QED) is 0.854. The first-order valence-corrected chi connectivity index (χ1v) is 8.18. The van der Waals surface area contributed by atoms with Gasteiger partial charge in [0.25, 0.3) is 0 Å². The number of nitriles is 1. The van der Waals surface area contributed by atoms with Crippen LogP contribution < -0.4 is 0 Å². The maximum absolute atomic E-state index is 13.6. The van der Waals surface area contributed by atoms with E-state index in [0.29, 0.717) is 6.42 Å². The molecule has 0 aromatic heterocycles. The van der Waals surface area contributed by atoms with Gasteiger partial charge in [-0.2, -0.15) is 9.57 Å². The number of ether oxygens (including phenoxy) is 1. The van der Waals surface area contributed by atoms with Gasteiger partial charge in [-0.1, -0.05) is 13.0 Å². The Morgan fingerprint density at radius 1 is 1.48 bits per heavy atom. The highest BCUT2D eigenvalue weighted by molar-refractivity contribution is 7.89. The monoisotopic (exact) mass is 312 g/mol. The first-order valence-electron chi connectivity index (χ1n) is 6.74. The third-order valence-electron chi connectivity index (χ3n) is 3.45. The van der Waals surface area contributed by atoms with E-state index in [1.165, 1.54) is 16.4 Å². The second kappa shape index (κ2) is 6.10. The molecule has 1 aromatic carbocycles. The molecule has 1 aromatic rings. The van der Waals surface area contributed by atoms with Crippen molar-refractivity contribution in [3.8, 4) is 6.07 Å². The van der Waals surface area contributed by atoms with Crippen molar-refractivity contribution in [3.63, 3.8) is 0 Å². The van der Waals surface area contributed by atoms with Crippen LogP contribution in [0.5, 0.6) is 0 Å². The lowest BCUT2D eigenvalue weighted by molar-refractivity contribution is -0.0548. The summed E-state index contributed by atoms with van der Waals surface area (Å²) in [4.78, 5) is -0.283. The Kier molecular flexibility index (Phi) is 4.61. The lowest BCUT2D eigenvalue weighted by Crippen LogP contribution is -2.49. The van der Waals surface area contributed by atoms with Crippen LogP contribution in [0.15, 0.2) is 23.1 Å². The Bertz CT molecular complexity index is 669. The predicted octanol–water partition coefficient (Wildman–Crippen LogP) is 1.89. The third-order valence-corrected chi connectivity index (χ3v) is 5.33. The largest absolute Gasteiger partial charge is 0.373 e. The standard InChI is InChI=1S/C14H17FN2O3S/c1-3-11-9-17(8-10(2)20-11)21(18,19)14-6-4-5-13(15)12(14)7-16/h4-6,10-11H,3,8-9H2,1-2H3/t10-,11+/m1/s1. The summed E-state index contributed by atoms with van der Waals surface area (Å²) >= 11 is 0. The van der Waals surface area contributed by atoms with Gasteiger partial charge < -0.3 is 4.74 Å². The molecule has 0 N–H and O–H groups in total. The molecule has 0 saturated carbocycles. The normalized spacial score (nSPS) is 23.7. The Labute approximate surface area is 124 Å². The van der Waals surface area contributed by atoms with Gasteiger partial charge >= 0.3 is 0 Å². The molecule has 0 unspecified atom stereocenters. The van der Waals surface area contributed by atoms with Crippen LogP contribution in [0.4, 0.5) is 4.39 Å². The van der Waals surface area contributed by atoms with E-state index in [1.54, 1.807) is 13.0 Å². The number of hydrogen-bond acceptors (Lipinski definition) is 4. The highest BCUT2D eigenvalue weighted by Crippen LogP contribution is 2.25. The van der Waals surface area contributed by atoms with Crippen LogP contribution in [0.1, 0.15) is 25.8 Å². The fourth-order valence-corrected chi connectivity index (χ4v) is 4.09. The van der Waals surface area contributed by atoms with Gasteiger partial charge in [-0.15, -0.1) is 0 Å². The van der Waals surface area contributed by atoms with Crippen LogP contribution in [-0.2, 0) is 14.8 Å². The lowest BCUT2D eigenvalue weighted by Gasteiger charge is -2.35. The van der Waals surface area contributed by atoms with Gasteiger partial charge in [0.1, 0.15) is 22.3 Å². The molecule has 0 bridgehead atoms. The van der Waals surface area contributed by atoms with Crippen LogP contribution in [0.2, 0.25) is 0 Å². The van der Waals surface area contributed by atoms with E-state index in [0.717, 1.165) is 6.07 Å². The number of morpholine rings is 1. The van der Waals surface area contributed by atoms with E-state index >= 15 is 0 Å². The van der Waals surface area contributed by atoms with E-state index in [4.69, 9.17) is 10.00 Å². The number of hydrogen-bond donors (Lipinski definition) is 0. The highest BCUT2D eigenvalue weighted by atomic mass is 32.2. The molecule has 2 atom stereocenters. The first kappa shape index (κ1) is 15.9. The number of sulfonamides is 1. The SMILES string of the molecule is CC[C@H]1CN(S(=O)(=O)c2cccc(F)c2C#N)C[C@@H](C)O1. The molecule has 1 fully saturated rings. The predicted molar refractivity (Wildman–Crippen MR) is 74.5 cm³/mol. The minimum atomic E-state index is -3.91. The van der Waals surface area contributed by atoms with Gasteiger partial charge in [-0.3, -0.25) is 0 Å². The average molecular weight is 312 g/mol.